The van der Waals surface area contributed by atoms with Crippen LogP contribution in [-0.2, 0) is 14.3 Å². The van der Waals surface area contributed by atoms with Gasteiger partial charge in [-0.25, -0.2) is 4.79 Å². The molecule has 1 aromatic carbocycles. The Balaban J connectivity index is 2.32. The normalized spacial score (nSPS) is 17.2. The van der Waals surface area contributed by atoms with Gasteiger partial charge in [-0.3, -0.25) is 14.5 Å². The Hall–Kier alpha value is -0.820. The number of halogens is 2. The maximum Gasteiger partial charge on any atom is 0.328 e. The predicted molar refractivity (Wildman–Crippen MR) is 112 cm³/mol. The Bertz CT molecular complexity index is 742. The number of methoxy groups -OCH3 is 1. The second-order valence-electron chi connectivity index (χ2n) is 5.00. The summed E-state index contributed by atoms with van der Waals surface area (Å²) < 4.78 is 12.0. The summed E-state index contributed by atoms with van der Waals surface area (Å²) in [6, 6.07) is 2.81. The second-order valence-corrected chi connectivity index (χ2v) is 8.32. The molecular formula is C16H15I2NO5S. The Labute approximate surface area is 177 Å². The lowest BCUT2D eigenvalue weighted by molar-refractivity contribution is -0.148. The van der Waals surface area contributed by atoms with Gasteiger partial charge in [0.15, 0.2) is 0 Å². The minimum atomic E-state index is -0.955. The van der Waals surface area contributed by atoms with Crippen LogP contribution in [0, 0.1) is 7.14 Å². The predicted octanol–water partition coefficient (Wildman–Crippen LogP) is 3.89. The van der Waals surface area contributed by atoms with Crippen molar-refractivity contribution in [2.45, 2.75) is 19.9 Å². The van der Waals surface area contributed by atoms with Gasteiger partial charge in [-0.15, -0.1) is 0 Å². The molecule has 1 heterocycles. The third-order valence-electron chi connectivity index (χ3n) is 3.36. The van der Waals surface area contributed by atoms with E-state index in [9.17, 15) is 14.4 Å². The maximum atomic E-state index is 12.5. The zero-order valence-electron chi connectivity index (χ0n) is 13.7. The van der Waals surface area contributed by atoms with E-state index in [1.807, 2.05) is 19.1 Å². The molecule has 0 unspecified atom stereocenters. The SMILES string of the molecule is CCOc1c(I)cc(/C=C2/SC(=O)N([C@@H](C)C(=O)OC)C2=O)cc1I. The van der Waals surface area contributed by atoms with Crippen molar-refractivity contribution in [2.24, 2.45) is 0 Å². The van der Waals surface area contributed by atoms with E-state index in [0.717, 1.165) is 35.1 Å². The van der Waals surface area contributed by atoms with E-state index in [1.54, 1.807) is 6.08 Å². The van der Waals surface area contributed by atoms with Crippen molar-refractivity contribution >= 4 is 80.1 Å². The number of benzene rings is 1. The van der Waals surface area contributed by atoms with Crippen molar-refractivity contribution in [1.82, 2.24) is 4.90 Å². The van der Waals surface area contributed by atoms with Crippen molar-refractivity contribution in [3.8, 4) is 5.75 Å². The number of imide groups is 1. The van der Waals surface area contributed by atoms with Crippen LogP contribution in [0.3, 0.4) is 0 Å². The molecule has 2 amide bonds. The largest absolute Gasteiger partial charge is 0.492 e. The van der Waals surface area contributed by atoms with Crippen LogP contribution in [0.1, 0.15) is 19.4 Å². The first kappa shape index (κ1) is 20.5. The van der Waals surface area contributed by atoms with Crippen molar-refractivity contribution in [1.29, 1.82) is 0 Å². The van der Waals surface area contributed by atoms with Crippen LogP contribution in [0.25, 0.3) is 6.08 Å². The molecule has 0 N–H and O–H groups in total. The monoisotopic (exact) mass is 587 g/mol. The molecule has 0 bridgehead atoms. The van der Waals surface area contributed by atoms with Crippen LogP contribution in [-0.4, -0.2) is 41.8 Å². The van der Waals surface area contributed by atoms with Gasteiger partial charge in [-0.2, -0.15) is 0 Å². The molecular weight excluding hydrogens is 572 g/mol. The first-order valence-electron chi connectivity index (χ1n) is 7.26. The van der Waals surface area contributed by atoms with Gasteiger partial charge in [-0.05, 0) is 94.6 Å². The first-order chi connectivity index (χ1) is 11.8. The summed E-state index contributed by atoms with van der Waals surface area (Å²) in [6.07, 6.45) is 1.65. The van der Waals surface area contributed by atoms with E-state index < -0.39 is 23.2 Å². The number of thioether (sulfide) groups is 1. The molecule has 1 atom stereocenters. The van der Waals surface area contributed by atoms with Gasteiger partial charge in [0.2, 0.25) is 0 Å². The average molecular weight is 587 g/mol. The molecule has 0 spiro atoms. The lowest BCUT2D eigenvalue weighted by atomic mass is 10.2. The number of carbonyl (C=O) groups excluding carboxylic acids is 3. The van der Waals surface area contributed by atoms with Crippen molar-refractivity contribution < 1.29 is 23.9 Å². The van der Waals surface area contributed by atoms with Gasteiger partial charge in [-0.1, -0.05) is 0 Å². The first-order valence-corrected chi connectivity index (χ1v) is 10.2. The summed E-state index contributed by atoms with van der Waals surface area (Å²) in [5.41, 5.74) is 0.786. The molecule has 0 radical (unpaired) electrons. The molecule has 1 aromatic rings. The third-order valence-corrected chi connectivity index (χ3v) is 5.85. The molecule has 9 heteroatoms. The molecule has 25 heavy (non-hydrogen) atoms. The standard InChI is InChI=1S/C16H15I2NO5S/c1-4-24-13-10(17)5-9(6-11(13)18)7-12-14(20)19(16(22)25-12)8(2)15(21)23-3/h5-8H,4H2,1-3H3/b12-7+/t8-/m0/s1. The summed E-state index contributed by atoms with van der Waals surface area (Å²) in [6.45, 7) is 3.95. The van der Waals surface area contributed by atoms with E-state index in [2.05, 4.69) is 49.9 Å². The highest BCUT2D eigenvalue weighted by molar-refractivity contribution is 14.1. The summed E-state index contributed by atoms with van der Waals surface area (Å²) in [5, 5.41) is -0.482. The Kier molecular flexibility index (Phi) is 7.14. The van der Waals surface area contributed by atoms with Crippen molar-refractivity contribution in [3.05, 3.63) is 29.7 Å². The number of amides is 2. The smallest absolute Gasteiger partial charge is 0.328 e. The van der Waals surface area contributed by atoms with Gasteiger partial charge in [0.25, 0.3) is 11.1 Å². The molecule has 0 aromatic heterocycles. The Morgan fingerprint density at radius 2 is 1.92 bits per heavy atom. The van der Waals surface area contributed by atoms with Crippen molar-refractivity contribution in [2.75, 3.05) is 13.7 Å². The highest BCUT2D eigenvalue weighted by atomic mass is 127. The van der Waals surface area contributed by atoms with Gasteiger partial charge < -0.3 is 9.47 Å². The van der Waals surface area contributed by atoms with E-state index >= 15 is 0 Å². The quantitative estimate of drug-likeness (QED) is 0.296. The van der Waals surface area contributed by atoms with Crippen LogP contribution in [0.5, 0.6) is 5.75 Å². The fourth-order valence-electron chi connectivity index (χ4n) is 2.19. The van der Waals surface area contributed by atoms with E-state index in [-0.39, 0.29) is 4.91 Å². The number of nitrogens with zero attached hydrogens (tertiary/aromatic N) is 1. The van der Waals surface area contributed by atoms with Gasteiger partial charge >= 0.3 is 5.97 Å². The second kappa shape index (κ2) is 8.71. The molecule has 0 aliphatic carbocycles. The Morgan fingerprint density at radius 1 is 1.32 bits per heavy atom. The highest BCUT2D eigenvalue weighted by Gasteiger charge is 2.41. The average Bonchev–Trinajstić information content (AvgIpc) is 2.83. The van der Waals surface area contributed by atoms with Crippen molar-refractivity contribution in [3.63, 3.8) is 0 Å². The molecule has 1 fully saturated rings. The van der Waals surface area contributed by atoms with Gasteiger partial charge in [0.05, 0.1) is 25.8 Å². The Morgan fingerprint density at radius 3 is 2.44 bits per heavy atom. The minimum absolute atomic E-state index is 0.275. The van der Waals surface area contributed by atoms with Crippen LogP contribution in [0.2, 0.25) is 0 Å². The van der Waals surface area contributed by atoms with Crippen LogP contribution < -0.4 is 4.74 Å². The molecule has 1 aliphatic heterocycles. The fourth-order valence-corrected chi connectivity index (χ4v) is 5.22. The van der Waals surface area contributed by atoms with E-state index in [1.165, 1.54) is 14.0 Å². The number of hydrogen-bond acceptors (Lipinski definition) is 6. The summed E-state index contributed by atoms with van der Waals surface area (Å²) >= 11 is 5.15. The molecule has 6 nitrogen and oxygen atoms in total. The summed E-state index contributed by atoms with van der Waals surface area (Å²) in [5.74, 6) is -0.325. The zero-order valence-corrected chi connectivity index (χ0v) is 18.8. The van der Waals surface area contributed by atoms with Crippen LogP contribution in [0.15, 0.2) is 17.0 Å². The molecule has 134 valence electrons. The van der Waals surface area contributed by atoms with Gasteiger partial charge in [0, 0.05) is 0 Å². The lowest BCUT2D eigenvalue weighted by Gasteiger charge is -2.18. The lowest BCUT2D eigenvalue weighted by Crippen LogP contribution is -2.42. The van der Waals surface area contributed by atoms with E-state index in [4.69, 9.17) is 4.74 Å². The number of rotatable bonds is 5. The summed E-state index contributed by atoms with van der Waals surface area (Å²) in [7, 11) is 1.22. The number of esters is 1. The third kappa shape index (κ3) is 4.48. The fraction of sp³-hybridized carbons (Fsp3) is 0.312. The summed E-state index contributed by atoms with van der Waals surface area (Å²) in [4.78, 5) is 37.4. The molecule has 1 saturated heterocycles. The molecule has 2 rings (SSSR count). The minimum Gasteiger partial charge on any atom is -0.492 e. The van der Waals surface area contributed by atoms with Crippen LogP contribution >= 0.6 is 56.9 Å². The number of carbonyl (C=O) groups is 3. The van der Waals surface area contributed by atoms with E-state index in [0.29, 0.717) is 6.61 Å². The highest BCUT2D eigenvalue weighted by Crippen LogP contribution is 2.35. The number of hydrogen-bond donors (Lipinski definition) is 0. The molecule has 0 saturated carbocycles. The van der Waals surface area contributed by atoms with Crippen LogP contribution in [0.4, 0.5) is 4.79 Å². The maximum absolute atomic E-state index is 12.5. The van der Waals surface area contributed by atoms with Gasteiger partial charge in [0.1, 0.15) is 11.8 Å². The topological polar surface area (TPSA) is 72.9 Å². The molecule has 1 aliphatic rings. The zero-order chi connectivity index (χ0) is 18.7. The number of ether oxygens (including phenoxy) is 2.